The van der Waals surface area contributed by atoms with Crippen molar-refractivity contribution in [1.82, 2.24) is 9.97 Å². The number of aromatic nitrogens is 2. The molecule has 2 aliphatic rings. The summed E-state index contributed by atoms with van der Waals surface area (Å²) < 4.78 is 4.82. The Balaban J connectivity index is 1.72. The van der Waals surface area contributed by atoms with Crippen LogP contribution in [0, 0.1) is 5.92 Å². The third-order valence-corrected chi connectivity index (χ3v) is 4.18. The molecule has 1 aromatic rings. The first-order valence-electron chi connectivity index (χ1n) is 6.95. The number of fused-ring (bicyclic) bond motifs is 1. The second-order valence-corrected chi connectivity index (χ2v) is 5.26. The number of anilines is 1. The molecule has 1 aliphatic carbocycles. The van der Waals surface area contributed by atoms with Crippen LogP contribution in [0.15, 0.2) is 6.33 Å². The zero-order valence-corrected chi connectivity index (χ0v) is 11.3. The normalized spacial score (nSPS) is 19.3. The molecule has 0 unspecified atom stereocenters. The molecule has 19 heavy (non-hydrogen) atoms. The number of hydrogen-bond acceptors (Lipinski definition) is 5. The first-order chi connectivity index (χ1) is 9.29. The molecule has 0 atom stereocenters. The van der Waals surface area contributed by atoms with Gasteiger partial charge in [0.2, 0.25) is 0 Å². The second-order valence-electron chi connectivity index (χ2n) is 5.26. The fraction of sp³-hybridized carbons (Fsp3) is 0.643. The molecule has 5 heteroatoms. The Kier molecular flexibility index (Phi) is 3.36. The van der Waals surface area contributed by atoms with Gasteiger partial charge in [0.15, 0.2) is 0 Å². The number of carbonyl (C=O) groups excluding carboxylic acids is 1. The Morgan fingerprint density at radius 3 is 2.84 bits per heavy atom. The third kappa shape index (κ3) is 2.29. The van der Waals surface area contributed by atoms with Crippen molar-refractivity contribution >= 4 is 11.8 Å². The number of aryl methyl sites for hydroxylation is 1. The number of methoxy groups -OCH3 is 1. The summed E-state index contributed by atoms with van der Waals surface area (Å²) in [5, 5.41) is 0. The molecular formula is C14H19N3O2. The fourth-order valence-electron chi connectivity index (χ4n) is 3.11. The van der Waals surface area contributed by atoms with E-state index in [-0.39, 0.29) is 11.9 Å². The lowest BCUT2D eigenvalue weighted by atomic mass is 9.97. The van der Waals surface area contributed by atoms with Gasteiger partial charge in [-0.15, -0.1) is 0 Å². The number of rotatable bonds is 2. The fourth-order valence-corrected chi connectivity index (χ4v) is 3.11. The lowest BCUT2D eigenvalue weighted by Gasteiger charge is -2.32. The summed E-state index contributed by atoms with van der Waals surface area (Å²) in [5.41, 5.74) is 2.53. The largest absolute Gasteiger partial charge is 0.469 e. The SMILES string of the molecule is COC(=O)C1CCN(c2ncnc3c2CCC3)CC1. The van der Waals surface area contributed by atoms with Crippen molar-refractivity contribution in [2.45, 2.75) is 32.1 Å². The van der Waals surface area contributed by atoms with Crippen molar-refractivity contribution < 1.29 is 9.53 Å². The summed E-state index contributed by atoms with van der Waals surface area (Å²) in [6.45, 7) is 1.76. The average molecular weight is 261 g/mol. The lowest BCUT2D eigenvalue weighted by molar-refractivity contribution is -0.146. The molecule has 0 saturated carbocycles. The van der Waals surface area contributed by atoms with Crippen LogP contribution in [0.2, 0.25) is 0 Å². The molecule has 1 saturated heterocycles. The van der Waals surface area contributed by atoms with E-state index < -0.39 is 0 Å². The van der Waals surface area contributed by atoms with Crippen molar-refractivity contribution in [2.24, 2.45) is 5.92 Å². The van der Waals surface area contributed by atoms with Gasteiger partial charge in [0.1, 0.15) is 12.1 Å². The molecule has 0 radical (unpaired) electrons. The van der Waals surface area contributed by atoms with Gasteiger partial charge in [-0.3, -0.25) is 4.79 Å². The number of ether oxygens (including phenoxy) is 1. The van der Waals surface area contributed by atoms with Crippen LogP contribution in [0.1, 0.15) is 30.5 Å². The van der Waals surface area contributed by atoms with Crippen LogP contribution in [-0.2, 0) is 22.4 Å². The topological polar surface area (TPSA) is 55.3 Å². The monoisotopic (exact) mass is 261 g/mol. The Bertz CT molecular complexity index is 482. The molecule has 1 aromatic heterocycles. The van der Waals surface area contributed by atoms with E-state index >= 15 is 0 Å². The zero-order chi connectivity index (χ0) is 13.2. The summed E-state index contributed by atoms with van der Waals surface area (Å²) in [6, 6.07) is 0. The highest BCUT2D eigenvalue weighted by molar-refractivity contribution is 5.72. The summed E-state index contributed by atoms with van der Waals surface area (Å²) in [7, 11) is 1.46. The maximum Gasteiger partial charge on any atom is 0.308 e. The van der Waals surface area contributed by atoms with Gasteiger partial charge in [0.05, 0.1) is 13.0 Å². The molecule has 0 aromatic carbocycles. The molecular weight excluding hydrogens is 242 g/mol. The number of esters is 1. The number of nitrogens with zero attached hydrogens (tertiary/aromatic N) is 3. The van der Waals surface area contributed by atoms with Gasteiger partial charge in [0.25, 0.3) is 0 Å². The van der Waals surface area contributed by atoms with Gasteiger partial charge < -0.3 is 9.64 Å². The molecule has 1 fully saturated rings. The van der Waals surface area contributed by atoms with Crippen molar-refractivity contribution in [1.29, 1.82) is 0 Å². The van der Waals surface area contributed by atoms with E-state index in [1.807, 2.05) is 0 Å². The molecule has 5 nitrogen and oxygen atoms in total. The van der Waals surface area contributed by atoms with Crippen molar-refractivity contribution in [3.05, 3.63) is 17.6 Å². The van der Waals surface area contributed by atoms with E-state index in [0.717, 1.165) is 44.6 Å². The van der Waals surface area contributed by atoms with Crippen LogP contribution in [-0.4, -0.2) is 36.1 Å². The Labute approximate surface area is 113 Å². The van der Waals surface area contributed by atoms with E-state index in [9.17, 15) is 4.79 Å². The number of carbonyl (C=O) groups is 1. The van der Waals surface area contributed by atoms with Crippen molar-refractivity contribution in [3.63, 3.8) is 0 Å². The highest BCUT2D eigenvalue weighted by Gasteiger charge is 2.28. The van der Waals surface area contributed by atoms with Gasteiger partial charge in [-0.25, -0.2) is 9.97 Å². The van der Waals surface area contributed by atoms with E-state index in [2.05, 4.69) is 14.9 Å². The summed E-state index contributed by atoms with van der Waals surface area (Å²) >= 11 is 0. The van der Waals surface area contributed by atoms with Gasteiger partial charge >= 0.3 is 5.97 Å². The van der Waals surface area contributed by atoms with E-state index in [4.69, 9.17) is 4.74 Å². The molecule has 2 heterocycles. The quantitative estimate of drug-likeness (QED) is 0.752. The van der Waals surface area contributed by atoms with Crippen LogP contribution in [0.5, 0.6) is 0 Å². The third-order valence-electron chi connectivity index (χ3n) is 4.18. The zero-order valence-electron chi connectivity index (χ0n) is 11.3. The second kappa shape index (κ2) is 5.15. The lowest BCUT2D eigenvalue weighted by Crippen LogP contribution is -2.37. The highest BCUT2D eigenvalue weighted by Crippen LogP contribution is 2.30. The van der Waals surface area contributed by atoms with E-state index in [1.165, 1.54) is 24.8 Å². The predicted octanol–water partition coefficient (Wildman–Crippen LogP) is 1.35. The van der Waals surface area contributed by atoms with Gasteiger partial charge in [-0.2, -0.15) is 0 Å². The predicted molar refractivity (Wildman–Crippen MR) is 71.0 cm³/mol. The Morgan fingerprint density at radius 1 is 1.32 bits per heavy atom. The minimum Gasteiger partial charge on any atom is -0.469 e. The number of hydrogen-bond donors (Lipinski definition) is 0. The van der Waals surface area contributed by atoms with Crippen molar-refractivity contribution in [2.75, 3.05) is 25.1 Å². The van der Waals surface area contributed by atoms with Gasteiger partial charge in [-0.1, -0.05) is 0 Å². The standard InChI is InChI=1S/C14H19N3O2/c1-19-14(18)10-5-7-17(8-6-10)13-11-3-2-4-12(11)15-9-16-13/h9-10H,2-8H2,1H3. The molecule has 102 valence electrons. The van der Waals surface area contributed by atoms with Crippen LogP contribution < -0.4 is 4.90 Å². The van der Waals surface area contributed by atoms with Gasteiger partial charge in [0, 0.05) is 24.3 Å². The average Bonchev–Trinajstić information content (AvgIpc) is 2.95. The first-order valence-corrected chi connectivity index (χ1v) is 6.95. The van der Waals surface area contributed by atoms with Crippen LogP contribution in [0.4, 0.5) is 5.82 Å². The molecule has 0 bridgehead atoms. The smallest absolute Gasteiger partial charge is 0.308 e. The number of piperidine rings is 1. The molecule has 0 N–H and O–H groups in total. The van der Waals surface area contributed by atoms with Crippen LogP contribution >= 0.6 is 0 Å². The molecule has 0 spiro atoms. The minimum absolute atomic E-state index is 0.0520. The molecule has 1 aliphatic heterocycles. The van der Waals surface area contributed by atoms with E-state index in [0.29, 0.717) is 0 Å². The van der Waals surface area contributed by atoms with Crippen LogP contribution in [0.25, 0.3) is 0 Å². The summed E-state index contributed by atoms with van der Waals surface area (Å²) in [4.78, 5) is 22.6. The first kappa shape index (κ1) is 12.4. The maximum absolute atomic E-state index is 11.5. The highest BCUT2D eigenvalue weighted by atomic mass is 16.5. The Morgan fingerprint density at radius 2 is 2.11 bits per heavy atom. The van der Waals surface area contributed by atoms with Crippen LogP contribution in [0.3, 0.4) is 0 Å². The summed E-state index contributed by atoms with van der Waals surface area (Å²) in [5.74, 6) is 1.06. The minimum atomic E-state index is -0.0763. The van der Waals surface area contributed by atoms with Gasteiger partial charge in [-0.05, 0) is 32.1 Å². The molecule has 0 amide bonds. The molecule has 3 rings (SSSR count). The maximum atomic E-state index is 11.5. The van der Waals surface area contributed by atoms with E-state index in [1.54, 1.807) is 6.33 Å². The Hall–Kier alpha value is -1.65. The summed E-state index contributed by atoms with van der Waals surface area (Å²) in [6.07, 6.45) is 6.72. The van der Waals surface area contributed by atoms with Crippen molar-refractivity contribution in [3.8, 4) is 0 Å².